The zero-order valence-electron chi connectivity index (χ0n) is 11.3. The van der Waals surface area contributed by atoms with Gasteiger partial charge in [-0.15, -0.1) is 0 Å². The van der Waals surface area contributed by atoms with Gasteiger partial charge in [0, 0.05) is 7.11 Å². The lowest BCUT2D eigenvalue weighted by Crippen LogP contribution is -2.25. The van der Waals surface area contributed by atoms with Gasteiger partial charge in [-0.2, -0.15) is 0 Å². The van der Waals surface area contributed by atoms with Crippen LogP contribution < -0.4 is 5.73 Å². The highest BCUT2D eigenvalue weighted by Gasteiger charge is 2.19. The molecule has 0 fully saturated rings. The second-order valence-corrected chi connectivity index (χ2v) is 5.95. The number of rotatable bonds is 7. The van der Waals surface area contributed by atoms with Gasteiger partial charge in [0.1, 0.15) is 18.2 Å². The van der Waals surface area contributed by atoms with Crippen molar-refractivity contribution in [2.45, 2.75) is 12.6 Å². The first kappa shape index (κ1) is 15.8. The quantitative estimate of drug-likeness (QED) is 0.579. The molecule has 116 valence electrons. The lowest BCUT2D eigenvalue weighted by molar-refractivity contribution is 0.00416. The number of imidazole rings is 1. The molecule has 2 aromatic heterocycles. The maximum absolute atomic E-state index is 10.9. The summed E-state index contributed by atoms with van der Waals surface area (Å²) >= 11 is 0. The van der Waals surface area contributed by atoms with Crippen LogP contribution in [0.1, 0.15) is 0 Å². The summed E-state index contributed by atoms with van der Waals surface area (Å²) in [6, 6.07) is 0. The van der Waals surface area contributed by atoms with Gasteiger partial charge >= 0.3 is 7.60 Å². The molecule has 0 radical (unpaired) electrons. The highest BCUT2D eigenvalue weighted by atomic mass is 31.2. The van der Waals surface area contributed by atoms with E-state index >= 15 is 0 Å². The molecule has 0 amide bonds. The third kappa shape index (κ3) is 4.19. The van der Waals surface area contributed by atoms with E-state index in [0.717, 1.165) is 0 Å². The van der Waals surface area contributed by atoms with Crippen LogP contribution >= 0.6 is 7.60 Å². The second-order valence-electron chi connectivity index (χ2n) is 4.37. The van der Waals surface area contributed by atoms with Crippen molar-refractivity contribution in [2.24, 2.45) is 0 Å². The molecule has 1 atom stereocenters. The van der Waals surface area contributed by atoms with Crippen LogP contribution in [0.25, 0.3) is 11.2 Å². The van der Waals surface area contributed by atoms with Crippen molar-refractivity contribution in [2.75, 3.05) is 25.8 Å². The number of ether oxygens (including phenoxy) is 2. The number of nitrogen functional groups attached to an aromatic ring is 1. The summed E-state index contributed by atoms with van der Waals surface area (Å²) in [7, 11) is -2.77. The largest absolute Gasteiger partial charge is 0.382 e. The molecule has 0 saturated carbocycles. The number of fused-ring (bicyclic) bond motifs is 1. The number of anilines is 1. The molecular weight excluding hydrogens is 301 g/mol. The van der Waals surface area contributed by atoms with E-state index < -0.39 is 20.0 Å². The normalized spacial score (nSPS) is 13.7. The second kappa shape index (κ2) is 6.46. The Labute approximate surface area is 120 Å². The van der Waals surface area contributed by atoms with Crippen molar-refractivity contribution in [3.05, 3.63) is 12.7 Å². The van der Waals surface area contributed by atoms with Gasteiger partial charge in [0.25, 0.3) is 0 Å². The first-order valence-electron chi connectivity index (χ1n) is 5.97. The molecule has 2 heterocycles. The van der Waals surface area contributed by atoms with Gasteiger partial charge in [-0.3, -0.25) is 4.57 Å². The van der Waals surface area contributed by atoms with Crippen molar-refractivity contribution in [1.29, 1.82) is 0 Å². The van der Waals surface area contributed by atoms with E-state index in [1.807, 2.05) is 0 Å². The van der Waals surface area contributed by atoms with Gasteiger partial charge in [0.05, 0.1) is 25.6 Å². The van der Waals surface area contributed by atoms with Crippen LogP contribution in [0, 0.1) is 0 Å². The van der Waals surface area contributed by atoms with E-state index in [1.54, 1.807) is 4.57 Å². The van der Waals surface area contributed by atoms with Crippen LogP contribution in [0.4, 0.5) is 5.82 Å². The van der Waals surface area contributed by atoms with Crippen molar-refractivity contribution in [1.82, 2.24) is 19.5 Å². The molecule has 21 heavy (non-hydrogen) atoms. The van der Waals surface area contributed by atoms with Gasteiger partial charge in [0.2, 0.25) is 0 Å². The number of nitrogens with zero attached hydrogens (tertiary/aromatic N) is 4. The molecule has 4 N–H and O–H groups in total. The summed E-state index contributed by atoms with van der Waals surface area (Å²) in [5.74, 6) is 0.262. The molecule has 0 aliphatic carbocycles. The van der Waals surface area contributed by atoms with E-state index in [0.29, 0.717) is 11.2 Å². The van der Waals surface area contributed by atoms with Crippen molar-refractivity contribution in [3.63, 3.8) is 0 Å². The maximum Gasteiger partial charge on any atom is 0.350 e. The Hall–Kier alpha value is -1.58. The summed E-state index contributed by atoms with van der Waals surface area (Å²) in [6.45, 7) is 0.432. The number of methoxy groups -OCH3 is 1. The predicted octanol–water partition coefficient (Wildman–Crippen LogP) is -0.425. The monoisotopic (exact) mass is 317 g/mol. The fourth-order valence-corrected chi connectivity index (χ4v) is 2.20. The Morgan fingerprint density at radius 1 is 1.43 bits per heavy atom. The maximum atomic E-state index is 10.9. The molecule has 0 aliphatic heterocycles. The van der Waals surface area contributed by atoms with Crippen molar-refractivity contribution < 1.29 is 23.8 Å². The summed E-state index contributed by atoms with van der Waals surface area (Å²) < 4.78 is 22.7. The molecule has 0 spiro atoms. The minimum Gasteiger partial charge on any atom is -0.382 e. The van der Waals surface area contributed by atoms with Gasteiger partial charge in [-0.25, -0.2) is 15.0 Å². The van der Waals surface area contributed by atoms with Crippen molar-refractivity contribution >= 4 is 24.6 Å². The molecule has 0 unspecified atom stereocenters. The minimum absolute atomic E-state index is 0.167. The summed E-state index contributed by atoms with van der Waals surface area (Å²) in [5.41, 5.74) is 6.67. The topological polar surface area (TPSA) is 146 Å². The standard InChI is InChI=1S/C10H16N5O5P/c1-19-3-7(20-6-21(16,17)18)2-15-5-14-8-9(11)12-4-13-10(8)15/h4-5,7H,2-3,6H2,1H3,(H2,11,12,13)(H2,16,17,18)/t7-/m1/s1. The Morgan fingerprint density at radius 2 is 2.19 bits per heavy atom. The Kier molecular flexibility index (Phi) is 4.86. The molecular formula is C10H16N5O5P. The molecule has 2 aromatic rings. The van der Waals surface area contributed by atoms with E-state index in [4.69, 9.17) is 25.0 Å². The van der Waals surface area contributed by atoms with Crippen LogP contribution in [-0.2, 0) is 20.6 Å². The highest BCUT2D eigenvalue weighted by Crippen LogP contribution is 2.34. The Bertz CT molecular complexity index is 656. The van der Waals surface area contributed by atoms with E-state index in [-0.39, 0.29) is 19.0 Å². The van der Waals surface area contributed by atoms with Crippen LogP contribution in [0.15, 0.2) is 12.7 Å². The lowest BCUT2D eigenvalue weighted by Gasteiger charge is -2.18. The first-order chi connectivity index (χ1) is 9.90. The summed E-state index contributed by atoms with van der Waals surface area (Å²) in [4.78, 5) is 29.7. The molecule has 0 saturated heterocycles. The third-order valence-corrected chi connectivity index (χ3v) is 3.15. The van der Waals surface area contributed by atoms with Crippen molar-refractivity contribution in [3.8, 4) is 0 Å². The lowest BCUT2D eigenvalue weighted by atomic mass is 10.3. The minimum atomic E-state index is -4.24. The number of hydrogen-bond acceptors (Lipinski definition) is 7. The number of nitrogens with two attached hydrogens (primary N) is 1. The summed E-state index contributed by atoms with van der Waals surface area (Å²) in [5, 5.41) is 0. The van der Waals surface area contributed by atoms with E-state index in [2.05, 4.69) is 15.0 Å². The van der Waals surface area contributed by atoms with E-state index in [9.17, 15) is 4.57 Å². The average molecular weight is 317 g/mol. The van der Waals surface area contributed by atoms with E-state index in [1.165, 1.54) is 19.8 Å². The highest BCUT2D eigenvalue weighted by molar-refractivity contribution is 7.51. The van der Waals surface area contributed by atoms with Gasteiger partial charge in [-0.1, -0.05) is 0 Å². The van der Waals surface area contributed by atoms with Crippen LogP contribution in [0.3, 0.4) is 0 Å². The molecule has 11 heteroatoms. The fourth-order valence-electron chi connectivity index (χ4n) is 1.79. The average Bonchev–Trinajstić information content (AvgIpc) is 2.80. The molecule has 0 aliphatic rings. The van der Waals surface area contributed by atoms with Gasteiger partial charge in [-0.05, 0) is 0 Å². The number of aromatic nitrogens is 4. The number of hydrogen-bond donors (Lipinski definition) is 3. The zero-order chi connectivity index (χ0) is 15.5. The van der Waals surface area contributed by atoms with Crippen LogP contribution in [0.2, 0.25) is 0 Å². The first-order valence-corrected chi connectivity index (χ1v) is 7.77. The molecule has 2 rings (SSSR count). The molecule has 0 aromatic carbocycles. The van der Waals surface area contributed by atoms with Crippen LogP contribution in [-0.4, -0.2) is 55.5 Å². The fraction of sp³-hybridized carbons (Fsp3) is 0.500. The summed E-state index contributed by atoms with van der Waals surface area (Å²) in [6.07, 6.45) is 1.60. The predicted molar refractivity (Wildman–Crippen MR) is 73.4 cm³/mol. The Balaban J connectivity index is 2.15. The van der Waals surface area contributed by atoms with Gasteiger partial charge in [0.15, 0.2) is 11.5 Å². The Morgan fingerprint density at radius 3 is 2.86 bits per heavy atom. The zero-order valence-corrected chi connectivity index (χ0v) is 12.2. The molecule has 10 nitrogen and oxygen atoms in total. The smallest absolute Gasteiger partial charge is 0.350 e. The van der Waals surface area contributed by atoms with Gasteiger partial charge < -0.3 is 29.6 Å². The third-order valence-electron chi connectivity index (χ3n) is 2.66. The molecule has 0 bridgehead atoms. The SMILES string of the molecule is COC[C@@H](Cn1cnc2c(N)ncnc21)OCP(=O)(O)O. The van der Waals surface area contributed by atoms with Crippen LogP contribution in [0.5, 0.6) is 0 Å².